The SMILES string of the molecule is CC(F)CNCc1ccc(-c2nnc(-c3nc(-c4ccc(S(=O)(=O)C5CCOC5)cc4)cnc3N)o2)cc1.PP. The van der Waals surface area contributed by atoms with Crippen LogP contribution in [0.5, 0.6) is 0 Å². The topological polar surface area (TPSA) is 146 Å². The Labute approximate surface area is 237 Å². The van der Waals surface area contributed by atoms with E-state index >= 15 is 0 Å². The average Bonchev–Trinajstić information content (AvgIpc) is 3.69. The van der Waals surface area contributed by atoms with Crippen LogP contribution in [0.3, 0.4) is 0 Å². The van der Waals surface area contributed by atoms with E-state index in [1.54, 1.807) is 24.3 Å². The van der Waals surface area contributed by atoms with Crippen LogP contribution in [0.15, 0.2) is 64.0 Å². The third-order valence-corrected chi connectivity index (χ3v) is 8.37. The second-order valence-corrected chi connectivity index (χ2v) is 11.3. The van der Waals surface area contributed by atoms with Gasteiger partial charge in [0.15, 0.2) is 21.3 Å². The summed E-state index contributed by atoms with van der Waals surface area (Å²) in [6, 6.07) is 13.9. The summed E-state index contributed by atoms with van der Waals surface area (Å²) in [6.07, 6.45) is 1.08. The minimum atomic E-state index is -3.46. The highest BCUT2D eigenvalue weighted by Crippen LogP contribution is 2.29. The van der Waals surface area contributed by atoms with Gasteiger partial charge in [-0.3, -0.25) is 0 Å². The first-order valence-corrected chi connectivity index (χ1v) is 16.7. The summed E-state index contributed by atoms with van der Waals surface area (Å²) in [5.74, 6) is 0.511. The minimum Gasteiger partial charge on any atom is -0.414 e. The van der Waals surface area contributed by atoms with Gasteiger partial charge in [-0.25, -0.2) is 22.8 Å². The van der Waals surface area contributed by atoms with Crippen molar-refractivity contribution in [1.29, 1.82) is 0 Å². The summed E-state index contributed by atoms with van der Waals surface area (Å²) in [5, 5.41) is 10.7. The first-order chi connectivity index (χ1) is 19.3. The summed E-state index contributed by atoms with van der Waals surface area (Å²) in [7, 11) is 1.20. The number of nitrogen functional groups attached to an aromatic ring is 1. The maximum atomic E-state index is 13.0. The summed E-state index contributed by atoms with van der Waals surface area (Å²) < 4.78 is 49.6. The number of aromatic nitrogens is 4. The lowest BCUT2D eigenvalue weighted by Gasteiger charge is -2.10. The Kier molecular flexibility index (Phi) is 10.3. The van der Waals surface area contributed by atoms with Crippen LogP contribution in [0.4, 0.5) is 10.2 Å². The molecule has 4 unspecified atom stereocenters. The molecule has 0 aliphatic carbocycles. The van der Waals surface area contributed by atoms with Crippen LogP contribution in [-0.4, -0.2) is 59.8 Å². The van der Waals surface area contributed by atoms with Crippen molar-refractivity contribution in [3.05, 3.63) is 60.3 Å². The Morgan fingerprint density at radius 2 is 1.75 bits per heavy atom. The molecule has 3 N–H and O–H groups in total. The van der Waals surface area contributed by atoms with Crippen LogP contribution in [0.2, 0.25) is 0 Å². The smallest absolute Gasteiger partial charge is 0.270 e. The number of alkyl halides is 1. The first kappa shape index (κ1) is 30.1. The molecule has 0 spiro atoms. The number of halogens is 1. The lowest BCUT2D eigenvalue weighted by Crippen LogP contribution is -2.21. The second kappa shape index (κ2) is 13.7. The highest BCUT2D eigenvalue weighted by molar-refractivity contribution is 7.92. The van der Waals surface area contributed by atoms with Crippen LogP contribution in [0, 0.1) is 0 Å². The molecule has 0 saturated carbocycles. The van der Waals surface area contributed by atoms with Gasteiger partial charge in [0.1, 0.15) is 6.17 Å². The zero-order chi connectivity index (χ0) is 28.7. The van der Waals surface area contributed by atoms with Gasteiger partial charge in [-0.1, -0.05) is 24.3 Å². The molecule has 1 aliphatic heterocycles. The quantitative estimate of drug-likeness (QED) is 0.268. The van der Waals surface area contributed by atoms with Crippen molar-refractivity contribution in [1.82, 2.24) is 25.5 Å². The molecule has 40 heavy (non-hydrogen) atoms. The number of rotatable bonds is 9. The van der Waals surface area contributed by atoms with Crippen LogP contribution in [0.1, 0.15) is 18.9 Å². The second-order valence-electron chi connectivity index (χ2n) is 9.07. The van der Waals surface area contributed by atoms with E-state index in [0.29, 0.717) is 36.4 Å². The third-order valence-electron chi connectivity index (χ3n) is 6.19. The van der Waals surface area contributed by atoms with Gasteiger partial charge in [-0.2, -0.15) is 0 Å². The Hall–Kier alpha value is -2.88. The molecular formula is C26H31FN6O4P2S. The van der Waals surface area contributed by atoms with Crippen molar-refractivity contribution in [2.24, 2.45) is 0 Å². The molecule has 0 amide bonds. The molecule has 2 aromatic heterocycles. The van der Waals surface area contributed by atoms with Gasteiger partial charge in [0.25, 0.3) is 5.89 Å². The molecular weight excluding hydrogens is 573 g/mol. The predicted molar refractivity (Wildman–Crippen MR) is 159 cm³/mol. The van der Waals surface area contributed by atoms with E-state index in [4.69, 9.17) is 14.9 Å². The van der Waals surface area contributed by atoms with Crippen LogP contribution >= 0.6 is 17.9 Å². The molecule has 4 atom stereocenters. The van der Waals surface area contributed by atoms with Crippen molar-refractivity contribution in [3.8, 4) is 34.3 Å². The van der Waals surface area contributed by atoms with E-state index < -0.39 is 21.3 Å². The maximum Gasteiger partial charge on any atom is 0.270 e. The summed E-state index contributed by atoms with van der Waals surface area (Å²) in [4.78, 5) is 9.02. The first-order valence-electron chi connectivity index (χ1n) is 12.5. The van der Waals surface area contributed by atoms with Crippen molar-refractivity contribution in [3.63, 3.8) is 0 Å². The van der Waals surface area contributed by atoms with Gasteiger partial charge in [0, 0.05) is 30.8 Å². The zero-order valence-corrected chi connectivity index (χ0v) is 25.0. The van der Waals surface area contributed by atoms with Gasteiger partial charge in [0.05, 0.1) is 28.6 Å². The van der Waals surface area contributed by atoms with E-state index in [9.17, 15) is 12.8 Å². The van der Waals surface area contributed by atoms with Crippen molar-refractivity contribution >= 4 is 33.5 Å². The van der Waals surface area contributed by atoms with E-state index in [1.807, 2.05) is 24.3 Å². The Morgan fingerprint density at radius 3 is 2.40 bits per heavy atom. The zero-order valence-electron chi connectivity index (χ0n) is 21.8. The molecule has 1 saturated heterocycles. The van der Waals surface area contributed by atoms with Crippen LogP contribution < -0.4 is 11.1 Å². The molecule has 0 radical (unpaired) electrons. The van der Waals surface area contributed by atoms with E-state index in [1.165, 1.54) is 13.1 Å². The van der Waals surface area contributed by atoms with E-state index in [-0.39, 0.29) is 41.3 Å². The lowest BCUT2D eigenvalue weighted by molar-refractivity contribution is 0.198. The summed E-state index contributed by atoms with van der Waals surface area (Å²) in [6.45, 7) is 3.00. The number of hydrogen-bond donors (Lipinski definition) is 2. The summed E-state index contributed by atoms with van der Waals surface area (Å²) in [5.41, 5.74) is 9.12. The van der Waals surface area contributed by atoms with Crippen molar-refractivity contribution in [2.45, 2.75) is 36.2 Å². The molecule has 5 rings (SSSR count). The Balaban J connectivity index is 0.00000181. The molecule has 212 valence electrons. The fourth-order valence-electron chi connectivity index (χ4n) is 4.08. The highest BCUT2D eigenvalue weighted by atomic mass is 32.2. The summed E-state index contributed by atoms with van der Waals surface area (Å²) >= 11 is 0. The fourth-order valence-corrected chi connectivity index (χ4v) is 5.66. The number of nitrogens with two attached hydrogens (primary N) is 1. The molecule has 4 aromatic rings. The van der Waals surface area contributed by atoms with Gasteiger partial charge in [-0.15, -0.1) is 28.1 Å². The molecule has 1 aliphatic rings. The molecule has 1 fully saturated rings. The van der Waals surface area contributed by atoms with E-state index in [2.05, 4.69) is 43.3 Å². The number of ether oxygens (including phenoxy) is 1. The number of anilines is 1. The number of benzene rings is 2. The standard InChI is InChI=1S/C26H27FN6O4S.H4P2/c1-16(27)12-29-13-17-2-4-19(5-3-17)25-32-33-26(37-25)23-24(28)30-14-22(31-23)18-6-8-20(9-7-18)38(34,35)21-10-11-36-15-21;1-2/h2-9,14,16,21,29H,10-13,15H2,1H3,(H2,28,30);1-2H2. The van der Waals surface area contributed by atoms with E-state index in [0.717, 1.165) is 5.56 Å². The monoisotopic (exact) mass is 604 g/mol. The van der Waals surface area contributed by atoms with Gasteiger partial charge < -0.3 is 20.2 Å². The predicted octanol–water partition coefficient (Wildman–Crippen LogP) is 4.10. The molecule has 0 bridgehead atoms. The van der Waals surface area contributed by atoms with Gasteiger partial charge in [0.2, 0.25) is 5.89 Å². The number of hydrogen-bond acceptors (Lipinski definition) is 10. The third kappa shape index (κ3) is 7.06. The largest absolute Gasteiger partial charge is 0.414 e. The average molecular weight is 605 g/mol. The fraction of sp³-hybridized carbons (Fsp3) is 0.308. The normalized spacial score (nSPS) is 15.8. The minimum absolute atomic E-state index is 0.106. The van der Waals surface area contributed by atoms with Crippen molar-refractivity contribution in [2.75, 3.05) is 25.5 Å². The number of nitrogens with one attached hydrogen (secondary N) is 1. The highest BCUT2D eigenvalue weighted by Gasteiger charge is 2.31. The molecule has 3 heterocycles. The molecule has 2 aromatic carbocycles. The van der Waals surface area contributed by atoms with Gasteiger partial charge >= 0.3 is 0 Å². The molecule has 10 nitrogen and oxygen atoms in total. The van der Waals surface area contributed by atoms with Crippen LogP contribution in [-0.2, 0) is 21.1 Å². The van der Waals surface area contributed by atoms with Crippen molar-refractivity contribution < 1.29 is 22.0 Å². The molecule has 14 heteroatoms. The number of nitrogens with zero attached hydrogens (tertiary/aromatic N) is 4. The number of sulfone groups is 1. The Bertz CT molecular complexity index is 1510. The van der Waals surface area contributed by atoms with Gasteiger partial charge in [-0.05, 0) is 43.2 Å². The maximum absolute atomic E-state index is 13.0. The van der Waals surface area contributed by atoms with Crippen LogP contribution in [0.25, 0.3) is 34.3 Å². The Morgan fingerprint density at radius 1 is 1.07 bits per heavy atom. The lowest BCUT2D eigenvalue weighted by atomic mass is 10.1.